The maximum absolute atomic E-state index is 8.91. The maximum atomic E-state index is 8.91. The van der Waals surface area contributed by atoms with E-state index in [1.165, 1.54) is 0 Å². The zero-order valence-corrected chi connectivity index (χ0v) is 6.16. The third kappa shape index (κ3) is 2.83. The molecular formula is C6H12N2O3. The van der Waals surface area contributed by atoms with Gasteiger partial charge >= 0.3 is 0 Å². The molecule has 1 heterocycles. The normalized spacial score (nSPS) is 18.9. The fourth-order valence-corrected chi connectivity index (χ4v) is 0.600. The smallest absolute Gasteiger partial charge is 0.226 e. The quantitative estimate of drug-likeness (QED) is 0.351. The Kier molecular flexibility index (Phi) is 3.28. The molecule has 64 valence electrons. The van der Waals surface area contributed by atoms with E-state index in [1.807, 2.05) is 0 Å². The van der Waals surface area contributed by atoms with Crippen molar-refractivity contribution in [3.05, 3.63) is 0 Å². The number of hydrogen-bond donors (Lipinski definition) is 3. The van der Waals surface area contributed by atoms with E-state index in [0.717, 1.165) is 18.8 Å². The lowest BCUT2D eigenvalue weighted by atomic mass is 10.2. The summed E-state index contributed by atoms with van der Waals surface area (Å²) in [5, 5.41) is 23.9. The fourth-order valence-electron chi connectivity index (χ4n) is 0.600. The highest BCUT2D eigenvalue weighted by molar-refractivity contribution is 5.92. The van der Waals surface area contributed by atoms with E-state index in [9.17, 15) is 0 Å². The first-order valence-electron chi connectivity index (χ1n) is 3.54. The molecule has 1 unspecified atom stereocenters. The SMILES string of the molecule is OCCC(O)ON=C1CNC1. The Morgan fingerprint density at radius 3 is 2.82 bits per heavy atom. The van der Waals surface area contributed by atoms with Crippen molar-refractivity contribution in [1.82, 2.24) is 5.32 Å². The highest BCUT2D eigenvalue weighted by atomic mass is 16.7. The summed E-state index contributed by atoms with van der Waals surface area (Å²) in [6, 6.07) is 0. The van der Waals surface area contributed by atoms with Crippen molar-refractivity contribution >= 4 is 5.71 Å². The summed E-state index contributed by atoms with van der Waals surface area (Å²) in [6.45, 7) is 1.36. The molecule has 1 atom stereocenters. The molecular weight excluding hydrogens is 148 g/mol. The van der Waals surface area contributed by atoms with E-state index < -0.39 is 6.29 Å². The molecule has 0 aromatic heterocycles. The summed E-state index contributed by atoms with van der Waals surface area (Å²) in [5.41, 5.74) is 0.891. The minimum atomic E-state index is -0.979. The van der Waals surface area contributed by atoms with Crippen molar-refractivity contribution in [2.24, 2.45) is 5.16 Å². The van der Waals surface area contributed by atoms with Crippen LogP contribution in [0.4, 0.5) is 0 Å². The van der Waals surface area contributed by atoms with Gasteiger partial charge in [0.2, 0.25) is 6.29 Å². The molecule has 11 heavy (non-hydrogen) atoms. The van der Waals surface area contributed by atoms with Gasteiger partial charge in [-0.15, -0.1) is 0 Å². The van der Waals surface area contributed by atoms with Crippen molar-refractivity contribution in [3.8, 4) is 0 Å². The average Bonchev–Trinajstić information content (AvgIpc) is 1.85. The molecule has 0 spiro atoms. The molecule has 3 N–H and O–H groups in total. The second-order valence-corrected chi connectivity index (χ2v) is 2.33. The number of rotatable bonds is 4. The number of aliphatic hydroxyl groups excluding tert-OH is 2. The predicted octanol–water partition coefficient (Wildman–Crippen LogP) is -1.34. The molecule has 1 aliphatic heterocycles. The van der Waals surface area contributed by atoms with Gasteiger partial charge in [0, 0.05) is 26.1 Å². The average molecular weight is 160 g/mol. The zero-order valence-electron chi connectivity index (χ0n) is 6.16. The summed E-state index contributed by atoms with van der Waals surface area (Å²) < 4.78 is 0. The first-order chi connectivity index (χ1) is 5.33. The van der Waals surface area contributed by atoms with Crippen molar-refractivity contribution in [2.45, 2.75) is 12.7 Å². The lowest BCUT2D eigenvalue weighted by Crippen LogP contribution is -2.42. The van der Waals surface area contributed by atoms with Gasteiger partial charge < -0.3 is 20.4 Å². The van der Waals surface area contributed by atoms with Gasteiger partial charge in [-0.05, 0) is 0 Å². The molecule has 1 rings (SSSR count). The number of nitrogens with zero attached hydrogens (tertiary/aromatic N) is 1. The van der Waals surface area contributed by atoms with Crippen LogP contribution in [-0.4, -0.2) is 41.9 Å². The van der Waals surface area contributed by atoms with E-state index in [2.05, 4.69) is 15.3 Å². The van der Waals surface area contributed by atoms with E-state index in [0.29, 0.717) is 0 Å². The van der Waals surface area contributed by atoms with Crippen LogP contribution in [0.1, 0.15) is 6.42 Å². The second-order valence-electron chi connectivity index (χ2n) is 2.33. The van der Waals surface area contributed by atoms with Crippen LogP contribution in [0.3, 0.4) is 0 Å². The van der Waals surface area contributed by atoms with Crippen molar-refractivity contribution < 1.29 is 15.1 Å². The summed E-state index contributed by atoms with van der Waals surface area (Å²) in [7, 11) is 0. The third-order valence-electron chi connectivity index (χ3n) is 1.34. The Morgan fingerprint density at radius 1 is 1.64 bits per heavy atom. The van der Waals surface area contributed by atoms with Gasteiger partial charge in [0.05, 0.1) is 5.71 Å². The zero-order chi connectivity index (χ0) is 8.10. The summed E-state index contributed by atoms with van der Waals surface area (Å²) in [4.78, 5) is 4.63. The van der Waals surface area contributed by atoms with Gasteiger partial charge in [0.15, 0.2) is 0 Å². The van der Waals surface area contributed by atoms with Crippen LogP contribution in [0.2, 0.25) is 0 Å². The molecule has 0 amide bonds. The number of oxime groups is 1. The van der Waals surface area contributed by atoms with Crippen LogP contribution < -0.4 is 5.32 Å². The highest BCUT2D eigenvalue weighted by Crippen LogP contribution is 1.95. The fraction of sp³-hybridized carbons (Fsp3) is 0.833. The van der Waals surface area contributed by atoms with E-state index in [4.69, 9.17) is 10.2 Å². The summed E-state index contributed by atoms with van der Waals surface area (Å²) in [5.74, 6) is 0. The molecule has 0 aliphatic carbocycles. The van der Waals surface area contributed by atoms with Crippen LogP contribution in [-0.2, 0) is 4.84 Å². The van der Waals surface area contributed by atoms with Crippen LogP contribution >= 0.6 is 0 Å². The summed E-state index contributed by atoms with van der Waals surface area (Å²) in [6.07, 6.45) is -0.780. The lowest BCUT2D eigenvalue weighted by Gasteiger charge is -2.16. The Balaban J connectivity index is 2.09. The largest absolute Gasteiger partial charge is 0.396 e. The molecule has 0 aromatic rings. The van der Waals surface area contributed by atoms with E-state index >= 15 is 0 Å². The second kappa shape index (κ2) is 4.27. The minimum Gasteiger partial charge on any atom is -0.396 e. The molecule has 0 bridgehead atoms. The molecule has 5 nitrogen and oxygen atoms in total. The first kappa shape index (κ1) is 8.45. The Bertz CT molecular complexity index is 143. The Hall–Kier alpha value is -0.650. The van der Waals surface area contributed by atoms with Crippen molar-refractivity contribution in [1.29, 1.82) is 0 Å². The van der Waals surface area contributed by atoms with Gasteiger partial charge in [-0.3, -0.25) is 0 Å². The van der Waals surface area contributed by atoms with Crippen molar-refractivity contribution in [2.75, 3.05) is 19.7 Å². The Morgan fingerprint density at radius 2 is 2.36 bits per heavy atom. The summed E-state index contributed by atoms with van der Waals surface area (Å²) >= 11 is 0. The van der Waals surface area contributed by atoms with Gasteiger partial charge in [-0.1, -0.05) is 5.16 Å². The van der Waals surface area contributed by atoms with Gasteiger partial charge in [-0.2, -0.15) is 0 Å². The number of nitrogens with one attached hydrogen (secondary N) is 1. The predicted molar refractivity (Wildman–Crippen MR) is 39.1 cm³/mol. The van der Waals surface area contributed by atoms with Crippen LogP contribution in [0.15, 0.2) is 5.16 Å². The van der Waals surface area contributed by atoms with Gasteiger partial charge in [0.1, 0.15) is 0 Å². The van der Waals surface area contributed by atoms with Crippen LogP contribution in [0.5, 0.6) is 0 Å². The topological polar surface area (TPSA) is 74.1 Å². The van der Waals surface area contributed by atoms with Crippen LogP contribution in [0.25, 0.3) is 0 Å². The molecule has 1 saturated heterocycles. The van der Waals surface area contributed by atoms with Gasteiger partial charge in [-0.25, -0.2) is 0 Å². The standard InChI is InChI=1S/C6H12N2O3/c9-2-1-6(10)11-8-5-3-7-4-5/h6-7,9-10H,1-4H2. The number of aliphatic hydroxyl groups is 2. The number of hydrogen-bond acceptors (Lipinski definition) is 5. The lowest BCUT2D eigenvalue weighted by molar-refractivity contribution is -0.108. The maximum Gasteiger partial charge on any atom is 0.226 e. The Labute approximate surface area is 64.7 Å². The van der Waals surface area contributed by atoms with Crippen LogP contribution in [0, 0.1) is 0 Å². The molecule has 0 radical (unpaired) electrons. The molecule has 1 fully saturated rings. The highest BCUT2D eigenvalue weighted by Gasteiger charge is 2.10. The monoisotopic (exact) mass is 160 g/mol. The molecule has 5 heteroatoms. The molecule has 0 aromatic carbocycles. The van der Waals surface area contributed by atoms with Gasteiger partial charge in [0.25, 0.3) is 0 Å². The van der Waals surface area contributed by atoms with E-state index in [-0.39, 0.29) is 13.0 Å². The molecule has 1 aliphatic rings. The van der Waals surface area contributed by atoms with E-state index in [1.54, 1.807) is 0 Å². The van der Waals surface area contributed by atoms with Crippen molar-refractivity contribution in [3.63, 3.8) is 0 Å². The first-order valence-corrected chi connectivity index (χ1v) is 3.54. The third-order valence-corrected chi connectivity index (χ3v) is 1.34. The molecule has 0 saturated carbocycles. The minimum absolute atomic E-state index is 0.0930.